The Morgan fingerprint density at radius 2 is 2.24 bits per heavy atom. The first-order valence-corrected chi connectivity index (χ1v) is 6.91. The molecule has 0 aliphatic carbocycles. The van der Waals surface area contributed by atoms with Gasteiger partial charge in [-0.15, -0.1) is 0 Å². The van der Waals surface area contributed by atoms with Gasteiger partial charge in [0.1, 0.15) is 5.82 Å². The lowest BCUT2D eigenvalue weighted by atomic mass is 9.99. The van der Waals surface area contributed by atoms with Gasteiger partial charge in [0.05, 0.1) is 11.3 Å². The molecule has 5 heteroatoms. The molecular weight excluding hydrogens is 269 g/mol. The van der Waals surface area contributed by atoms with Gasteiger partial charge in [0.25, 0.3) is 5.91 Å². The predicted molar refractivity (Wildman–Crippen MR) is 78.7 cm³/mol. The van der Waals surface area contributed by atoms with Gasteiger partial charge >= 0.3 is 0 Å². The molecular formula is C16H16FN3O. The topological polar surface area (TPSA) is 54.0 Å². The number of carbonyl (C=O) groups excluding carboxylic acids is 1. The van der Waals surface area contributed by atoms with E-state index in [1.807, 2.05) is 6.07 Å². The minimum atomic E-state index is -0.339. The number of aryl methyl sites for hydroxylation is 1. The van der Waals surface area contributed by atoms with Crippen molar-refractivity contribution in [2.45, 2.75) is 19.9 Å². The minimum Gasteiger partial charge on any atom is -0.319 e. The second-order valence-corrected chi connectivity index (χ2v) is 5.08. The van der Waals surface area contributed by atoms with Gasteiger partial charge in [0, 0.05) is 18.4 Å². The number of anilines is 1. The molecule has 21 heavy (non-hydrogen) atoms. The summed E-state index contributed by atoms with van der Waals surface area (Å²) in [5, 5.41) is 5.84. The van der Waals surface area contributed by atoms with Crippen molar-refractivity contribution in [3.63, 3.8) is 0 Å². The molecule has 1 aliphatic heterocycles. The Labute approximate surface area is 122 Å². The molecule has 3 rings (SSSR count). The first kappa shape index (κ1) is 13.7. The number of benzene rings is 1. The summed E-state index contributed by atoms with van der Waals surface area (Å²) in [6, 6.07) is 6.84. The Bertz CT molecular complexity index is 700. The van der Waals surface area contributed by atoms with Gasteiger partial charge in [0.15, 0.2) is 0 Å². The summed E-state index contributed by atoms with van der Waals surface area (Å²) in [6.45, 7) is 3.18. The largest absolute Gasteiger partial charge is 0.319 e. The van der Waals surface area contributed by atoms with Gasteiger partial charge < -0.3 is 10.6 Å². The average molecular weight is 285 g/mol. The number of amides is 1. The van der Waals surface area contributed by atoms with Crippen LogP contribution in [0.5, 0.6) is 0 Å². The van der Waals surface area contributed by atoms with Crippen LogP contribution in [0.2, 0.25) is 0 Å². The molecule has 0 saturated carbocycles. The molecule has 1 aromatic carbocycles. The molecule has 0 bridgehead atoms. The lowest BCUT2D eigenvalue weighted by molar-refractivity contribution is 0.102. The van der Waals surface area contributed by atoms with E-state index < -0.39 is 0 Å². The smallest absolute Gasteiger partial charge is 0.257 e. The van der Waals surface area contributed by atoms with Crippen LogP contribution in [-0.4, -0.2) is 17.4 Å². The van der Waals surface area contributed by atoms with E-state index in [9.17, 15) is 9.18 Å². The highest BCUT2D eigenvalue weighted by atomic mass is 19.1. The molecule has 0 spiro atoms. The molecule has 108 valence electrons. The molecule has 0 radical (unpaired) electrons. The van der Waals surface area contributed by atoms with E-state index in [-0.39, 0.29) is 17.4 Å². The van der Waals surface area contributed by atoms with E-state index in [4.69, 9.17) is 0 Å². The van der Waals surface area contributed by atoms with Crippen molar-refractivity contribution >= 4 is 11.6 Å². The van der Waals surface area contributed by atoms with E-state index in [1.54, 1.807) is 31.3 Å². The Morgan fingerprint density at radius 1 is 1.38 bits per heavy atom. The molecule has 2 heterocycles. The van der Waals surface area contributed by atoms with Crippen LogP contribution in [0.4, 0.5) is 10.1 Å². The van der Waals surface area contributed by atoms with Crippen molar-refractivity contribution in [1.29, 1.82) is 0 Å². The summed E-state index contributed by atoms with van der Waals surface area (Å²) in [5.41, 5.74) is 2.95. The Morgan fingerprint density at radius 3 is 3.05 bits per heavy atom. The number of nitrogens with one attached hydrogen (secondary N) is 2. The van der Waals surface area contributed by atoms with E-state index in [0.717, 1.165) is 12.1 Å². The van der Waals surface area contributed by atoms with Crippen LogP contribution in [0.25, 0.3) is 0 Å². The molecule has 0 unspecified atom stereocenters. The summed E-state index contributed by atoms with van der Waals surface area (Å²) in [6.07, 6.45) is 2.26. The lowest BCUT2D eigenvalue weighted by Crippen LogP contribution is -2.25. The highest BCUT2D eigenvalue weighted by Crippen LogP contribution is 2.25. The Balaban J connectivity index is 1.89. The standard InChI is InChI=1S/C16H16FN3O/c1-10-12(3-2-7-19-10)16(21)20-14-5-4-11-9-18-8-6-13(11)15(14)17/h2-5,7,18H,6,8-9H2,1H3,(H,20,21). The predicted octanol–water partition coefficient (Wildman–Crippen LogP) is 2.43. The van der Waals surface area contributed by atoms with Gasteiger partial charge in [-0.05, 0) is 49.2 Å². The van der Waals surface area contributed by atoms with Gasteiger partial charge in [-0.2, -0.15) is 0 Å². The third-order valence-electron chi connectivity index (χ3n) is 3.71. The molecule has 0 saturated heterocycles. The highest BCUT2D eigenvalue weighted by molar-refractivity contribution is 6.05. The van der Waals surface area contributed by atoms with Crippen LogP contribution in [0.15, 0.2) is 30.5 Å². The zero-order valence-corrected chi connectivity index (χ0v) is 11.7. The maximum absolute atomic E-state index is 14.5. The minimum absolute atomic E-state index is 0.226. The molecule has 2 aromatic rings. The maximum Gasteiger partial charge on any atom is 0.257 e. The molecule has 1 amide bonds. The Hall–Kier alpha value is -2.27. The SMILES string of the molecule is Cc1ncccc1C(=O)Nc1ccc2c(c1F)CCNC2. The van der Waals surface area contributed by atoms with Gasteiger partial charge in [-0.1, -0.05) is 6.07 Å². The number of nitrogens with zero attached hydrogens (tertiary/aromatic N) is 1. The van der Waals surface area contributed by atoms with E-state index in [0.29, 0.717) is 29.8 Å². The number of hydrogen-bond donors (Lipinski definition) is 2. The van der Waals surface area contributed by atoms with Crippen molar-refractivity contribution < 1.29 is 9.18 Å². The second-order valence-electron chi connectivity index (χ2n) is 5.08. The molecule has 1 aromatic heterocycles. The summed E-state index contributed by atoms with van der Waals surface area (Å²) in [5.74, 6) is -0.669. The highest BCUT2D eigenvalue weighted by Gasteiger charge is 2.18. The number of aromatic nitrogens is 1. The van der Waals surface area contributed by atoms with Crippen molar-refractivity contribution in [1.82, 2.24) is 10.3 Å². The number of rotatable bonds is 2. The van der Waals surface area contributed by atoms with Crippen LogP contribution >= 0.6 is 0 Å². The zero-order chi connectivity index (χ0) is 14.8. The van der Waals surface area contributed by atoms with Gasteiger partial charge in [-0.25, -0.2) is 4.39 Å². The quantitative estimate of drug-likeness (QED) is 0.891. The van der Waals surface area contributed by atoms with Crippen molar-refractivity contribution in [3.05, 3.63) is 58.7 Å². The summed E-state index contributed by atoms with van der Waals surface area (Å²) in [4.78, 5) is 16.3. The number of hydrogen-bond acceptors (Lipinski definition) is 3. The number of carbonyl (C=O) groups is 1. The monoisotopic (exact) mass is 285 g/mol. The van der Waals surface area contributed by atoms with Gasteiger partial charge in [-0.3, -0.25) is 9.78 Å². The number of halogens is 1. The van der Waals surface area contributed by atoms with Crippen LogP contribution < -0.4 is 10.6 Å². The number of fused-ring (bicyclic) bond motifs is 1. The second kappa shape index (κ2) is 5.61. The molecule has 0 atom stereocenters. The summed E-state index contributed by atoms with van der Waals surface area (Å²) in [7, 11) is 0. The lowest BCUT2D eigenvalue weighted by Gasteiger charge is -2.19. The third kappa shape index (κ3) is 2.64. The third-order valence-corrected chi connectivity index (χ3v) is 3.71. The van der Waals surface area contributed by atoms with E-state index in [2.05, 4.69) is 15.6 Å². The van der Waals surface area contributed by atoms with Crippen molar-refractivity contribution in [3.8, 4) is 0 Å². The van der Waals surface area contributed by atoms with Gasteiger partial charge in [0.2, 0.25) is 0 Å². The summed E-state index contributed by atoms with van der Waals surface area (Å²) >= 11 is 0. The first-order chi connectivity index (χ1) is 10.2. The molecule has 2 N–H and O–H groups in total. The van der Waals surface area contributed by atoms with Crippen LogP contribution in [-0.2, 0) is 13.0 Å². The molecule has 0 fully saturated rings. The zero-order valence-electron chi connectivity index (χ0n) is 11.7. The van der Waals surface area contributed by atoms with E-state index >= 15 is 0 Å². The maximum atomic E-state index is 14.5. The molecule has 1 aliphatic rings. The average Bonchev–Trinajstić information content (AvgIpc) is 2.51. The Kier molecular flexibility index (Phi) is 3.66. The van der Waals surface area contributed by atoms with Crippen molar-refractivity contribution in [2.24, 2.45) is 0 Å². The summed E-state index contributed by atoms with van der Waals surface area (Å²) < 4.78 is 14.5. The fourth-order valence-corrected chi connectivity index (χ4v) is 2.54. The molecule has 4 nitrogen and oxygen atoms in total. The number of pyridine rings is 1. The van der Waals surface area contributed by atoms with Crippen molar-refractivity contribution in [2.75, 3.05) is 11.9 Å². The first-order valence-electron chi connectivity index (χ1n) is 6.91. The fraction of sp³-hybridized carbons (Fsp3) is 0.250. The van der Waals surface area contributed by atoms with Crippen LogP contribution in [0.3, 0.4) is 0 Å². The van der Waals surface area contributed by atoms with E-state index in [1.165, 1.54) is 0 Å². The normalized spacial score (nSPS) is 13.6. The van der Waals surface area contributed by atoms with Crippen LogP contribution in [0, 0.1) is 12.7 Å². The van der Waals surface area contributed by atoms with Crippen LogP contribution in [0.1, 0.15) is 27.2 Å². The fourth-order valence-electron chi connectivity index (χ4n) is 2.54.